The van der Waals surface area contributed by atoms with Crippen molar-refractivity contribution in [3.8, 4) is 16.3 Å². The number of carbonyl (C=O) groups excluding carboxylic acids is 1. The molecular formula is C17H19N5O2S. The molecule has 0 atom stereocenters. The summed E-state index contributed by atoms with van der Waals surface area (Å²) >= 11 is 1.52. The Morgan fingerprint density at radius 1 is 1.40 bits per heavy atom. The lowest BCUT2D eigenvalue weighted by Crippen LogP contribution is -2.44. The summed E-state index contributed by atoms with van der Waals surface area (Å²) in [4.78, 5) is 12.9. The first-order valence-corrected chi connectivity index (χ1v) is 8.78. The highest BCUT2D eigenvalue weighted by atomic mass is 32.1. The summed E-state index contributed by atoms with van der Waals surface area (Å²) in [7, 11) is 1.65. The van der Waals surface area contributed by atoms with Crippen molar-refractivity contribution in [2.24, 2.45) is 5.73 Å². The van der Waals surface area contributed by atoms with E-state index in [4.69, 9.17) is 16.2 Å². The van der Waals surface area contributed by atoms with Crippen LogP contribution in [0, 0.1) is 6.92 Å². The van der Waals surface area contributed by atoms with E-state index < -0.39 is 5.91 Å². The second-order valence-electron chi connectivity index (χ2n) is 6.23. The topological polar surface area (TPSA) is 108 Å². The summed E-state index contributed by atoms with van der Waals surface area (Å²) in [5, 5.41) is 8.84. The minimum Gasteiger partial charge on any atom is -0.495 e. The van der Waals surface area contributed by atoms with Gasteiger partial charge in [-0.3, -0.25) is 4.79 Å². The summed E-state index contributed by atoms with van der Waals surface area (Å²) < 4.78 is 8.21. The number of anilines is 1. The fraction of sp³-hybridized carbons (Fsp3) is 0.294. The molecule has 1 aliphatic rings. The lowest BCUT2D eigenvalue weighted by molar-refractivity contribution is 0.100. The zero-order valence-electron chi connectivity index (χ0n) is 14.0. The van der Waals surface area contributed by atoms with Crippen LogP contribution in [0.25, 0.3) is 20.7 Å². The molecule has 4 rings (SSSR count). The molecule has 0 spiro atoms. The molecule has 0 unspecified atom stereocenters. The van der Waals surface area contributed by atoms with Crippen molar-refractivity contribution < 1.29 is 9.53 Å². The molecule has 1 aliphatic heterocycles. The van der Waals surface area contributed by atoms with Gasteiger partial charge in [-0.15, -0.1) is 11.3 Å². The Morgan fingerprint density at radius 3 is 2.76 bits per heavy atom. The zero-order chi connectivity index (χ0) is 17.7. The third kappa shape index (κ3) is 2.45. The van der Waals surface area contributed by atoms with Crippen LogP contribution in [0.3, 0.4) is 0 Å². The van der Waals surface area contributed by atoms with Crippen molar-refractivity contribution in [3.63, 3.8) is 0 Å². The number of carbonyl (C=O) groups is 1. The number of ether oxygens (including phenoxy) is 1. The molecule has 0 radical (unpaired) electrons. The smallest absolute Gasteiger partial charge is 0.254 e. The van der Waals surface area contributed by atoms with Gasteiger partial charge in [-0.2, -0.15) is 5.10 Å². The van der Waals surface area contributed by atoms with Crippen molar-refractivity contribution in [1.29, 1.82) is 0 Å². The predicted molar refractivity (Wildman–Crippen MR) is 99.2 cm³/mol. The number of hydrogen-bond acceptors (Lipinski definition) is 6. The van der Waals surface area contributed by atoms with Crippen molar-refractivity contribution in [1.82, 2.24) is 15.1 Å². The van der Waals surface area contributed by atoms with E-state index in [0.29, 0.717) is 11.5 Å². The average Bonchev–Trinajstić information content (AvgIpc) is 3.06. The van der Waals surface area contributed by atoms with Gasteiger partial charge in [0.2, 0.25) is 0 Å². The molecule has 3 aromatic rings. The molecule has 2 aromatic heterocycles. The molecule has 1 saturated heterocycles. The molecule has 0 aliphatic carbocycles. The summed E-state index contributed by atoms with van der Waals surface area (Å²) in [5.74, 6) is 0.573. The number of primary amides is 1. The normalized spacial score (nSPS) is 14.6. The van der Waals surface area contributed by atoms with Gasteiger partial charge in [-0.1, -0.05) is 6.07 Å². The van der Waals surface area contributed by atoms with Crippen LogP contribution >= 0.6 is 11.3 Å². The van der Waals surface area contributed by atoms with Crippen molar-refractivity contribution in [2.75, 3.05) is 25.9 Å². The van der Waals surface area contributed by atoms with Crippen LogP contribution in [0.15, 0.2) is 18.2 Å². The lowest BCUT2D eigenvalue weighted by Gasteiger charge is -2.28. The van der Waals surface area contributed by atoms with E-state index in [9.17, 15) is 4.79 Å². The van der Waals surface area contributed by atoms with Crippen LogP contribution in [-0.2, 0) is 0 Å². The number of nitrogens with two attached hydrogens (primary N) is 2. The average molecular weight is 357 g/mol. The van der Waals surface area contributed by atoms with Crippen molar-refractivity contribution >= 4 is 33.1 Å². The standard InChI is InChI=1S/C17H19N5O2S/c1-8-3-9-5-12(25-15(9)11(4-8)24-2)14-13(17(19)23)16(18)22(21-14)10-6-20-7-10/h3-5,10,20H,6-7,18H2,1-2H3,(H2,19,23). The SMILES string of the molecule is COc1cc(C)cc2cc(-c3nn(C4CNC4)c(N)c3C(N)=O)sc12. The number of nitrogen functional groups attached to an aromatic ring is 1. The van der Waals surface area contributed by atoms with Gasteiger partial charge in [0.15, 0.2) is 0 Å². The van der Waals surface area contributed by atoms with E-state index in [2.05, 4.69) is 16.5 Å². The van der Waals surface area contributed by atoms with Gasteiger partial charge < -0.3 is 21.5 Å². The quantitative estimate of drug-likeness (QED) is 0.661. The fourth-order valence-electron chi connectivity index (χ4n) is 3.12. The Labute approximate surface area is 148 Å². The molecule has 130 valence electrons. The van der Waals surface area contributed by atoms with Gasteiger partial charge in [0.05, 0.1) is 22.7 Å². The number of nitrogens with zero attached hydrogens (tertiary/aromatic N) is 2. The second-order valence-corrected chi connectivity index (χ2v) is 7.28. The van der Waals surface area contributed by atoms with Crippen LogP contribution in [0.5, 0.6) is 5.75 Å². The van der Waals surface area contributed by atoms with E-state index in [1.165, 1.54) is 11.3 Å². The van der Waals surface area contributed by atoms with Crippen LogP contribution in [0.1, 0.15) is 22.0 Å². The molecule has 25 heavy (non-hydrogen) atoms. The van der Waals surface area contributed by atoms with Gasteiger partial charge in [-0.05, 0) is 30.0 Å². The van der Waals surface area contributed by atoms with Gasteiger partial charge in [-0.25, -0.2) is 4.68 Å². The molecule has 8 heteroatoms. The molecule has 0 saturated carbocycles. The molecule has 1 amide bonds. The van der Waals surface area contributed by atoms with Gasteiger partial charge >= 0.3 is 0 Å². The number of nitrogens with one attached hydrogen (secondary N) is 1. The van der Waals surface area contributed by atoms with Gasteiger partial charge in [0.1, 0.15) is 22.8 Å². The number of hydrogen-bond donors (Lipinski definition) is 3. The monoisotopic (exact) mass is 357 g/mol. The van der Waals surface area contributed by atoms with Crippen LogP contribution < -0.4 is 21.5 Å². The predicted octanol–water partition coefficient (Wildman–Crippen LogP) is 1.91. The number of amides is 1. The maximum absolute atomic E-state index is 12.0. The Bertz CT molecular complexity index is 987. The first-order valence-electron chi connectivity index (χ1n) is 7.96. The van der Waals surface area contributed by atoms with E-state index in [-0.39, 0.29) is 11.6 Å². The Kier molecular flexibility index (Phi) is 3.66. The summed E-state index contributed by atoms with van der Waals surface area (Å²) in [6, 6.07) is 6.23. The van der Waals surface area contributed by atoms with Gasteiger partial charge in [0.25, 0.3) is 5.91 Å². The first kappa shape index (κ1) is 15.9. The fourth-order valence-corrected chi connectivity index (χ4v) is 4.24. The number of aromatic nitrogens is 2. The van der Waals surface area contributed by atoms with Crippen molar-refractivity contribution in [2.45, 2.75) is 13.0 Å². The maximum atomic E-state index is 12.0. The van der Waals surface area contributed by atoms with Crippen molar-refractivity contribution in [3.05, 3.63) is 29.3 Å². The molecular weight excluding hydrogens is 338 g/mol. The van der Waals surface area contributed by atoms with Gasteiger partial charge in [0, 0.05) is 13.1 Å². The van der Waals surface area contributed by atoms with Crippen LogP contribution in [-0.4, -0.2) is 35.9 Å². The lowest BCUT2D eigenvalue weighted by atomic mass is 10.1. The third-order valence-corrected chi connectivity index (χ3v) is 5.65. The van der Waals surface area contributed by atoms with E-state index in [1.807, 2.05) is 19.1 Å². The van der Waals surface area contributed by atoms with Crippen LogP contribution in [0.2, 0.25) is 0 Å². The van der Waals surface area contributed by atoms with Crippen LogP contribution in [0.4, 0.5) is 5.82 Å². The molecule has 3 heterocycles. The largest absolute Gasteiger partial charge is 0.495 e. The Balaban J connectivity index is 1.92. The van der Waals surface area contributed by atoms with E-state index in [0.717, 1.165) is 39.4 Å². The minimum atomic E-state index is -0.563. The molecule has 0 bridgehead atoms. The third-order valence-electron chi connectivity index (χ3n) is 4.48. The highest BCUT2D eigenvalue weighted by molar-refractivity contribution is 7.22. The molecule has 1 fully saturated rings. The highest BCUT2D eigenvalue weighted by Gasteiger charge is 2.29. The molecule has 5 N–H and O–H groups in total. The first-order chi connectivity index (χ1) is 12.0. The Morgan fingerprint density at radius 2 is 2.16 bits per heavy atom. The maximum Gasteiger partial charge on any atom is 0.254 e. The minimum absolute atomic E-state index is 0.151. The number of aryl methyl sites for hydroxylation is 1. The Hall–Kier alpha value is -2.58. The number of thiophene rings is 1. The number of benzene rings is 1. The van der Waals surface area contributed by atoms with E-state index >= 15 is 0 Å². The zero-order valence-corrected chi connectivity index (χ0v) is 14.8. The molecule has 7 nitrogen and oxygen atoms in total. The molecule has 1 aromatic carbocycles. The summed E-state index contributed by atoms with van der Waals surface area (Å²) in [6.07, 6.45) is 0. The summed E-state index contributed by atoms with van der Waals surface area (Å²) in [6.45, 7) is 3.58. The second kappa shape index (κ2) is 5.75. The highest BCUT2D eigenvalue weighted by Crippen LogP contribution is 2.41. The number of methoxy groups -OCH3 is 1. The number of fused-ring (bicyclic) bond motifs is 1. The summed E-state index contributed by atoms with van der Waals surface area (Å²) in [5.41, 5.74) is 13.7. The van der Waals surface area contributed by atoms with E-state index in [1.54, 1.807) is 11.8 Å². The number of rotatable bonds is 4.